The Morgan fingerprint density at radius 1 is 1.67 bits per heavy atom. The summed E-state index contributed by atoms with van der Waals surface area (Å²) in [6.45, 7) is 2.39. The molecule has 86 valence electrons. The van der Waals surface area contributed by atoms with E-state index in [9.17, 15) is 0 Å². The third kappa shape index (κ3) is 5.08. The van der Waals surface area contributed by atoms with Crippen LogP contribution in [0.4, 0.5) is 0 Å². The predicted molar refractivity (Wildman–Crippen MR) is 68.2 cm³/mol. The number of halogens is 1. The highest BCUT2D eigenvalue weighted by Crippen LogP contribution is 2.21. The van der Waals surface area contributed by atoms with Gasteiger partial charge in [-0.25, -0.2) is 0 Å². The Morgan fingerprint density at radius 2 is 2.40 bits per heavy atom. The standard InChI is InChI=1S/C10H17BrN2OS/c1-13(5-9(12)6-14-2)4-8-3-10(11)15-7-8/h3,7,9H,4-6,12H2,1-2H3. The molecule has 15 heavy (non-hydrogen) atoms. The first-order valence-electron chi connectivity index (χ1n) is 4.77. The maximum absolute atomic E-state index is 5.87. The van der Waals surface area contributed by atoms with E-state index in [4.69, 9.17) is 10.5 Å². The van der Waals surface area contributed by atoms with Crippen molar-refractivity contribution in [2.45, 2.75) is 12.6 Å². The van der Waals surface area contributed by atoms with Crippen LogP contribution in [-0.2, 0) is 11.3 Å². The molecule has 1 unspecified atom stereocenters. The van der Waals surface area contributed by atoms with Crippen LogP contribution in [0.5, 0.6) is 0 Å². The van der Waals surface area contributed by atoms with Crippen molar-refractivity contribution in [3.63, 3.8) is 0 Å². The second-order valence-corrected chi connectivity index (χ2v) is 5.96. The van der Waals surface area contributed by atoms with Gasteiger partial charge in [0, 0.05) is 26.2 Å². The van der Waals surface area contributed by atoms with Crippen molar-refractivity contribution in [3.8, 4) is 0 Å². The molecule has 0 aromatic carbocycles. The topological polar surface area (TPSA) is 38.5 Å². The maximum Gasteiger partial charge on any atom is 0.0701 e. The van der Waals surface area contributed by atoms with E-state index in [1.54, 1.807) is 18.4 Å². The maximum atomic E-state index is 5.87. The predicted octanol–water partition coefficient (Wildman–Crippen LogP) is 1.92. The third-order valence-corrected chi connectivity index (χ3v) is 3.55. The van der Waals surface area contributed by atoms with Gasteiger partial charge in [-0.2, -0.15) is 0 Å². The average Bonchev–Trinajstić information content (AvgIpc) is 2.51. The number of thiophene rings is 1. The van der Waals surface area contributed by atoms with Gasteiger partial charge in [-0.3, -0.25) is 0 Å². The minimum absolute atomic E-state index is 0.0853. The number of rotatable bonds is 6. The third-order valence-electron chi connectivity index (χ3n) is 2.00. The Labute approximate surface area is 103 Å². The fourth-order valence-corrected chi connectivity index (χ4v) is 2.67. The molecule has 0 saturated carbocycles. The van der Waals surface area contributed by atoms with E-state index >= 15 is 0 Å². The number of hydrogen-bond donors (Lipinski definition) is 1. The summed E-state index contributed by atoms with van der Waals surface area (Å²) in [6.07, 6.45) is 0. The van der Waals surface area contributed by atoms with Crippen LogP contribution in [0.25, 0.3) is 0 Å². The molecule has 0 radical (unpaired) electrons. The minimum Gasteiger partial charge on any atom is -0.383 e. The summed E-state index contributed by atoms with van der Waals surface area (Å²) >= 11 is 5.16. The van der Waals surface area contributed by atoms with Crippen LogP contribution >= 0.6 is 27.3 Å². The average molecular weight is 293 g/mol. The smallest absolute Gasteiger partial charge is 0.0701 e. The van der Waals surface area contributed by atoms with Crippen LogP contribution in [0.1, 0.15) is 5.56 Å². The van der Waals surface area contributed by atoms with Crippen LogP contribution < -0.4 is 5.73 Å². The quantitative estimate of drug-likeness (QED) is 0.871. The first kappa shape index (κ1) is 13.1. The largest absolute Gasteiger partial charge is 0.383 e. The van der Waals surface area contributed by atoms with E-state index in [-0.39, 0.29) is 6.04 Å². The van der Waals surface area contributed by atoms with E-state index < -0.39 is 0 Å². The van der Waals surface area contributed by atoms with Gasteiger partial charge in [0.15, 0.2) is 0 Å². The highest BCUT2D eigenvalue weighted by Gasteiger charge is 2.07. The summed E-state index contributed by atoms with van der Waals surface area (Å²) in [5.74, 6) is 0. The number of ether oxygens (including phenoxy) is 1. The Balaban J connectivity index is 2.32. The summed E-state index contributed by atoms with van der Waals surface area (Å²) in [4.78, 5) is 2.21. The molecule has 0 spiro atoms. The highest BCUT2D eigenvalue weighted by molar-refractivity contribution is 9.11. The fourth-order valence-electron chi connectivity index (χ4n) is 1.47. The second-order valence-electron chi connectivity index (χ2n) is 3.67. The first-order chi connectivity index (χ1) is 7.11. The van der Waals surface area contributed by atoms with Gasteiger partial charge in [0.1, 0.15) is 0 Å². The Bertz CT molecular complexity index is 293. The summed E-state index contributed by atoms with van der Waals surface area (Å²) in [7, 11) is 3.75. The van der Waals surface area contributed by atoms with Crippen LogP contribution in [0.15, 0.2) is 15.2 Å². The van der Waals surface area contributed by atoms with Crippen LogP contribution in [-0.4, -0.2) is 38.3 Å². The molecule has 1 aromatic heterocycles. The van der Waals surface area contributed by atoms with Gasteiger partial charge in [0.25, 0.3) is 0 Å². The molecule has 0 bridgehead atoms. The lowest BCUT2D eigenvalue weighted by molar-refractivity contribution is 0.160. The zero-order valence-corrected chi connectivity index (χ0v) is 11.5. The van der Waals surface area contributed by atoms with Gasteiger partial charge >= 0.3 is 0 Å². The summed E-state index contributed by atoms with van der Waals surface area (Å²) in [5.41, 5.74) is 7.19. The molecule has 3 nitrogen and oxygen atoms in total. The van der Waals surface area contributed by atoms with Gasteiger partial charge in [-0.05, 0) is 40.0 Å². The van der Waals surface area contributed by atoms with E-state index in [1.807, 2.05) is 0 Å². The normalized spacial score (nSPS) is 13.4. The zero-order chi connectivity index (χ0) is 11.3. The summed E-state index contributed by atoms with van der Waals surface area (Å²) in [5, 5.41) is 2.16. The molecule has 0 aliphatic heterocycles. The van der Waals surface area contributed by atoms with Crippen molar-refractivity contribution in [1.82, 2.24) is 4.90 Å². The Hall–Kier alpha value is 0.0600. The zero-order valence-electron chi connectivity index (χ0n) is 9.07. The van der Waals surface area contributed by atoms with Crippen molar-refractivity contribution in [1.29, 1.82) is 0 Å². The van der Waals surface area contributed by atoms with E-state index in [0.29, 0.717) is 6.61 Å². The van der Waals surface area contributed by atoms with E-state index in [2.05, 4.69) is 39.3 Å². The van der Waals surface area contributed by atoms with Crippen LogP contribution in [0.2, 0.25) is 0 Å². The molecular weight excluding hydrogens is 276 g/mol. The fraction of sp³-hybridized carbons (Fsp3) is 0.600. The molecule has 0 amide bonds. The second kappa shape index (κ2) is 6.60. The summed E-state index contributed by atoms with van der Waals surface area (Å²) < 4.78 is 6.17. The van der Waals surface area contributed by atoms with Crippen molar-refractivity contribution < 1.29 is 4.74 Å². The molecular formula is C10H17BrN2OS. The van der Waals surface area contributed by atoms with E-state index in [1.165, 1.54) is 9.35 Å². The lowest BCUT2D eigenvalue weighted by Gasteiger charge is -2.20. The van der Waals surface area contributed by atoms with Crippen molar-refractivity contribution in [2.24, 2.45) is 5.73 Å². The van der Waals surface area contributed by atoms with E-state index in [0.717, 1.165) is 13.1 Å². The van der Waals surface area contributed by atoms with Crippen molar-refractivity contribution in [3.05, 3.63) is 20.8 Å². The molecule has 2 N–H and O–H groups in total. The van der Waals surface area contributed by atoms with Crippen LogP contribution in [0, 0.1) is 0 Å². The lowest BCUT2D eigenvalue weighted by Crippen LogP contribution is -2.38. The first-order valence-corrected chi connectivity index (χ1v) is 6.45. The molecule has 0 aliphatic carbocycles. The number of likely N-dealkylation sites (N-methyl/N-ethyl adjacent to an activating group) is 1. The monoisotopic (exact) mass is 292 g/mol. The molecule has 0 fully saturated rings. The molecule has 1 aromatic rings. The molecule has 1 rings (SSSR count). The van der Waals surface area contributed by atoms with Gasteiger partial charge in [0.2, 0.25) is 0 Å². The number of nitrogens with two attached hydrogens (primary N) is 1. The Morgan fingerprint density at radius 3 is 2.93 bits per heavy atom. The van der Waals surface area contributed by atoms with Crippen LogP contribution in [0.3, 0.4) is 0 Å². The minimum atomic E-state index is 0.0853. The SMILES string of the molecule is COCC(N)CN(C)Cc1csc(Br)c1. The molecule has 5 heteroatoms. The van der Waals surface area contributed by atoms with Gasteiger partial charge in [-0.15, -0.1) is 11.3 Å². The summed E-state index contributed by atoms with van der Waals surface area (Å²) in [6, 6.07) is 2.23. The molecule has 0 aliphatic rings. The molecule has 1 atom stereocenters. The number of hydrogen-bond acceptors (Lipinski definition) is 4. The molecule has 1 heterocycles. The highest BCUT2D eigenvalue weighted by atomic mass is 79.9. The van der Waals surface area contributed by atoms with Crippen molar-refractivity contribution in [2.75, 3.05) is 27.3 Å². The number of nitrogens with zero attached hydrogens (tertiary/aromatic N) is 1. The number of methoxy groups -OCH3 is 1. The molecule has 0 saturated heterocycles. The van der Waals surface area contributed by atoms with Gasteiger partial charge in [-0.1, -0.05) is 0 Å². The lowest BCUT2D eigenvalue weighted by atomic mass is 10.2. The Kier molecular flexibility index (Phi) is 5.78. The van der Waals surface area contributed by atoms with Crippen molar-refractivity contribution >= 4 is 27.3 Å². The van der Waals surface area contributed by atoms with Gasteiger partial charge < -0.3 is 15.4 Å². The van der Waals surface area contributed by atoms with Gasteiger partial charge in [0.05, 0.1) is 10.4 Å².